The van der Waals surface area contributed by atoms with Gasteiger partial charge in [-0.15, -0.1) is 0 Å². The SMILES string of the molecule is CC1(CNC(=O)Nc2cc(F)cc(F)c2)N=C(N)N(Cc2cccc(Cl)c2)C1=O. The van der Waals surface area contributed by atoms with E-state index in [1.54, 1.807) is 24.3 Å². The third-order valence-corrected chi connectivity index (χ3v) is 4.52. The number of benzene rings is 2. The predicted octanol–water partition coefficient (Wildman–Crippen LogP) is 2.86. The molecule has 0 aliphatic carbocycles. The van der Waals surface area contributed by atoms with Gasteiger partial charge in [-0.3, -0.25) is 9.69 Å². The predicted molar refractivity (Wildman–Crippen MR) is 105 cm³/mol. The van der Waals surface area contributed by atoms with E-state index in [0.717, 1.165) is 17.7 Å². The first-order valence-electron chi connectivity index (χ1n) is 8.59. The lowest BCUT2D eigenvalue weighted by Crippen LogP contribution is -2.49. The monoisotopic (exact) mass is 421 g/mol. The van der Waals surface area contributed by atoms with Gasteiger partial charge in [0, 0.05) is 16.8 Å². The summed E-state index contributed by atoms with van der Waals surface area (Å²) in [5.74, 6) is -2.03. The van der Waals surface area contributed by atoms with E-state index in [-0.39, 0.29) is 24.7 Å². The first-order chi connectivity index (χ1) is 13.7. The molecular formula is C19H18ClF2N5O2. The first-order valence-corrected chi connectivity index (χ1v) is 8.97. The second kappa shape index (κ2) is 8.04. The summed E-state index contributed by atoms with van der Waals surface area (Å²) in [4.78, 5) is 30.3. The molecule has 1 heterocycles. The lowest BCUT2D eigenvalue weighted by Gasteiger charge is -2.22. The summed E-state index contributed by atoms with van der Waals surface area (Å²) in [6, 6.07) is 8.85. The quantitative estimate of drug-likeness (QED) is 0.692. The van der Waals surface area contributed by atoms with Crippen LogP contribution < -0.4 is 16.4 Å². The molecule has 0 saturated heterocycles. The molecule has 0 aromatic heterocycles. The number of amides is 3. The number of hydrogen-bond donors (Lipinski definition) is 3. The van der Waals surface area contributed by atoms with Crippen LogP contribution in [0.2, 0.25) is 5.02 Å². The van der Waals surface area contributed by atoms with Gasteiger partial charge in [0.15, 0.2) is 11.5 Å². The number of guanidine groups is 1. The van der Waals surface area contributed by atoms with Crippen LogP contribution in [0.3, 0.4) is 0 Å². The van der Waals surface area contributed by atoms with E-state index in [0.29, 0.717) is 11.1 Å². The number of nitrogens with one attached hydrogen (secondary N) is 2. The normalized spacial score (nSPS) is 18.6. The van der Waals surface area contributed by atoms with Crippen molar-refractivity contribution < 1.29 is 18.4 Å². The molecular weight excluding hydrogens is 404 g/mol. The maximum absolute atomic E-state index is 13.2. The third kappa shape index (κ3) is 4.80. The first kappa shape index (κ1) is 20.5. The lowest BCUT2D eigenvalue weighted by molar-refractivity contribution is -0.130. The van der Waals surface area contributed by atoms with Gasteiger partial charge in [0.25, 0.3) is 5.91 Å². The number of halogens is 3. The highest BCUT2D eigenvalue weighted by Gasteiger charge is 2.44. The summed E-state index contributed by atoms with van der Waals surface area (Å²) in [5.41, 5.74) is 5.30. The van der Waals surface area contributed by atoms with Crippen molar-refractivity contribution in [1.82, 2.24) is 10.2 Å². The van der Waals surface area contributed by atoms with Gasteiger partial charge >= 0.3 is 6.03 Å². The zero-order valence-electron chi connectivity index (χ0n) is 15.4. The molecule has 3 amide bonds. The van der Waals surface area contributed by atoms with E-state index in [9.17, 15) is 18.4 Å². The van der Waals surface area contributed by atoms with Crippen molar-refractivity contribution >= 4 is 35.2 Å². The van der Waals surface area contributed by atoms with E-state index in [1.165, 1.54) is 11.8 Å². The zero-order chi connectivity index (χ0) is 21.2. The Morgan fingerprint density at radius 1 is 1.24 bits per heavy atom. The number of aliphatic imine (C=N–C) groups is 1. The van der Waals surface area contributed by atoms with Crippen LogP contribution in [0.15, 0.2) is 47.5 Å². The maximum Gasteiger partial charge on any atom is 0.319 e. The smallest absolute Gasteiger partial charge is 0.319 e. The van der Waals surface area contributed by atoms with Gasteiger partial charge in [0.1, 0.15) is 11.6 Å². The van der Waals surface area contributed by atoms with Crippen molar-refractivity contribution in [2.75, 3.05) is 11.9 Å². The van der Waals surface area contributed by atoms with Gasteiger partial charge in [-0.2, -0.15) is 0 Å². The van der Waals surface area contributed by atoms with Crippen LogP contribution in [0, 0.1) is 11.6 Å². The molecule has 4 N–H and O–H groups in total. The Kier molecular flexibility index (Phi) is 5.69. The number of hydrogen-bond acceptors (Lipinski definition) is 4. The fraction of sp³-hybridized carbons (Fsp3) is 0.211. The second-order valence-electron chi connectivity index (χ2n) is 6.73. The number of urea groups is 1. The fourth-order valence-corrected chi connectivity index (χ4v) is 3.11. The lowest BCUT2D eigenvalue weighted by atomic mass is 10.0. The van der Waals surface area contributed by atoms with Crippen molar-refractivity contribution in [3.8, 4) is 0 Å². The van der Waals surface area contributed by atoms with Crippen molar-refractivity contribution in [3.05, 3.63) is 64.7 Å². The molecule has 1 unspecified atom stereocenters. The van der Waals surface area contributed by atoms with E-state index in [4.69, 9.17) is 17.3 Å². The molecule has 0 fully saturated rings. The highest BCUT2D eigenvalue weighted by atomic mass is 35.5. The number of carbonyl (C=O) groups is 2. The number of nitrogens with zero attached hydrogens (tertiary/aromatic N) is 2. The minimum atomic E-state index is -1.31. The van der Waals surface area contributed by atoms with Crippen LogP contribution in [0.1, 0.15) is 12.5 Å². The summed E-state index contributed by atoms with van der Waals surface area (Å²) in [6.07, 6.45) is 0. The van der Waals surface area contributed by atoms with Gasteiger partial charge in [0.05, 0.1) is 13.1 Å². The van der Waals surface area contributed by atoms with Crippen molar-refractivity contribution in [2.45, 2.75) is 19.0 Å². The van der Waals surface area contributed by atoms with Crippen LogP contribution in [0.5, 0.6) is 0 Å². The van der Waals surface area contributed by atoms with Crippen molar-refractivity contribution in [2.24, 2.45) is 10.7 Å². The molecule has 0 saturated carbocycles. The van der Waals surface area contributed by atoms with E-state index < -0.39 is 29.1 Å². The Morgan fingerprint density at radius 2 is 1.93 bits per heavy atom. The van der Waals surface area contributed by atoms with Crippen LogP contribution in [-0.2, 0) is 11.3 Å². The molecule has 0 bridgehead atoms. The average molecular weight is 422 g/mol. The van der Waals surface area contributed by atoms with Gasteiger partial charge in [-0.25, -0.2) is 18.6 Å². The van der Waals surface area contributed by atoms with E-state index in [2.05, 4.69) is 15.6 Å². The number of carbonyl (C=O) groups excluding carboxylic acids is 2. The van der Waals surface area contributed by atoms with E-state index >= 15 is 0 Å². The molecule has 1 aliphatic rings. The fourth-order valence-electron chi connectivity index (χ4n) is 2.90. The molecule has 29 heavy (non-hydrogen) atoms. The molecule has 152 valence electrons. The number of nitrogens with two attached hydrogens (primary N) is 1. The zero-order valence-corrected chi connectivity index (χ0v) is 16.1. The van der Waals surface area contributed by atoms with Crippen LogP contribution in [-0.4, -0.2) is 34.9 Å². The largest absolute Gasteiger partial charge is 0.369 e. The van der Waals surface area contributed by atoms with Gasteiger partial charge in [0.2, 0.25) is 0 Å². The minimum absolute atomic E-state index is 0.0203. The molecule has 3 rings (SSSR count). The summed E-state index contributed by atoms with van der Waals surface area (Å²) in [7, 11) is 0. The van der Waals surface area contributed by atoms with Gasteiger partial charge in [-0.05, 0) is 36.8 Å². The van der Waals surface area contributed by atoms with E-state index in [1.807, 2.05) is 0 Å². The highest BCUT2D eigenvalue weighted by molar-refractivity contribution is 6.30. The summed E-state index contributed by atoms with van der Waals surface area (Å²) < 4.78 is 26.4. The molecule has 2 aromatic carbocycles. The molecule has 1 atom stereocenters. The number of anilines is 1. The summed E-state index contributed by atoms with van der Waals surface area (Å²) in [5, 5.41) is 5.30. The maximum atomic E-state index is 13.2. The second-order valence-corrected chi connectivity index (χ2v) is 7.17. The Morgan fingerprint density at radius 3 is 2.59 bits per heavy atom. The molecule has 1 aliphatic heterocycles. The molecule has 7 nitrogen and oxygen atoms in total. The summed E-state index contributed by atoms with van der Waals surface area (Å²) in [6.45, 7) is 1.55. The Labute approximate surface area is 170 Å². The van der Waals surface area contributed by atoms with Crippen molar-refractivity contribution in [3.63, 3.8) is 0 Å². The third-order valence-electron chi connectivity index (χ3n) is 4.29. The molecule has 0 spiro atoms. The molecule has 2 aromatic rings. The average Bonchev–Trinajstić information content (AvgIpc) is 2.83. The van der Waals surface area contributed by atoms with Gasteiger partial charge < -0.3 is 16.4 Å². The van der Waals surface area contributed by atoms with Crippen molar-refractivity contribution in [1.29, 1.82) is 0 Å². The summed E-state index contributed by atoms with van der Waals surface area (Å²) >= 11 is 5.96. The standard InChI is InChI=1S/C19H18ClF2N5O2/c1-19(10-24-18(29)25-15-7-13(21)6-14(22)8-15)16(28)27(17(23)26-19)9-11-3-2-4-12(20)5-11/h2-8H,9-10H2,1H3,(H2,23,26)(H2,24,25,29). The van der Waals surface area contributed by atoms with Crippen LogP contribution in [0.4, 0.5) is 19.3 Å². The Bertz CT molecular complexity index is 980. The Hall–Kier alpha value is -3.20. The Balaban J connectivity index is 1.63. The highest BCUT2D eigenvalue weighted by Crippen LogP contribution is 2.23. The van der Waals surface area contributed by atoms with Crippen LogP contribution >= 0.6 is 11.6 Å². The number of rotatable bonds is 5. The minimum Gasteiger partial charge on any atom is -0.369 e. The van der Waals surface area contributed by atoms with Gasteiger partial charge in [-0.1, -0.05) is 23.7 Å². The van der Waals surface area contributed by atoms with Crippen LogP contribution in [0.25, 0.3) is 0 Å². The topological polar surface area (TPSA) is 99.8 Å². The molecule has 0 radical (unpaired) electrons. The molecule has 10 heteroatoms.